The molecule has 1 aliphatic heterocycles. The highest BCUT2D eigenvalue weighted by Gasteiger charge is 2.38. The molecular formula is C11H14N2O2. The molecular weight excluding hydrogens is 192 g/mol. The summed E-state index contributed by atoms with van der Waals surface area (Å²) in [4.78, 5) is 11.6. The van der Waals surface area contributed by atoms with Crippen molar-refractivity contribution >= 4 is 11.6 Å². The van der Waals surface area contributed by atoms with Gasteiger partial charge in [-0.15, -0.1) is 0 Å². The molecule has 0 spiro atoms. The highest BCUT2D eigenvalue weighted by atomic mass is 16.3. The van der Waals surface area contributed by atoms with Crippen molar-refractivity contribution in [2.75, 3.05) is 11.6 Å². The average Bonchev–Trinajstić information content (AvgIpc) is 2.42. The molecule has 1 heterocycles. The molecule has 0 aromatic heterocycles. The number of nitrogens with zero attached hydrogens (tertiary/aromatic N) is 1. The van der Waals surface area contributed by atoms with Gasteiger partial charge >= 0.3 is 0 Å². The number of carbonyl (C=O) groups excluding carboxylic acids is 1. The summed E-state index contributed by atoms with van der Waals surface area (Å²) in [6.07, 6.45) is 0. The van der Waals surface area contributed by atoms with E-state index in [-0.39, 0.29) is 11.7 Å². The molecule has 0 saturated carbocycles. The molecule has 4 nitrogen and oxygen atoms in total. The summed E-state index contributed by atoms with van der Waals surface area (Å²) in [5, 5.41) is 11.3. The van der Waals surface area contributed by atoms with Crippen LogP contribution < -0.4 is 10.4 Å². The second kappa shape index (κ2) is 3.15. The van der Waals surface area contributed by atoms with Gasteiger partial charge in [-0.1, -0.05) is 12.1 Å². The first-order chi connectivity index (χ1) is 7.00. The van der Waals surface area contributed by atoms with E-state index in [4.69, 9.17) is 0 Å². The van der Waals surface area contributed by atoms with Crippen molar-refractivity contribution in [3.63, 3.8) is 0 Å². The van der Waals surface area contributed by atoms with Gasteiger partial charge in [-0.05, 0) is 26.0 Å². The SMILES string of the molecule is CC1(C)CN(c2ccccc2O)NC1=O. The number of phenolic OH excluding ortho intramolecular Hbond substituents is 1. The number of hydrogen-bond acceptors (Lipinski definition) is 3. The summed E-state index contributed by atoms with van der Waals surface area (Å²) < 4.78 is 0. The van der Waals surface area contributed by atoms with E-state index >= 15 is 0 Å². The van der Waals surface area contributed by atoms with Crippen molar-refractivity contribution in [3.8, 4) is 5.75 Å². The molecule has 1 aromatic carbocycles. The molecule has 0 radical (unpaired) electrons. The molecule has 1 aromatic rings. The predicted octanol–water partition coefficient (Wildman–Crippen LogP) is 1.27. The lowest BCUT2D eigenvalue weighted by Crippen LogP contribution is -2.33. The van der Waals surface area contributed by atoms with Crippen LogP contribution in [0, 0.1) is 5.41 Å². The number of hydrazine groups is 1. The van der Waals surface area contributed by atoms with E-state index < -0.39 is 5.41 Å². The van der Waals surface area contributed by atoms with Gasteiger partial charge < -0.3 is 5.11 Å². The zero-order valence-electron chi connectivity index (χ0n) is 8.82. The molecule has 4 heteroatoms. The Bertz CT molecular complexity index is 401. The quantitative estimate of drug-likeness (QED) is 0.727. The highest BCUT2D eigenvalue weighted by Crippen LogP contribution is 2.31. The smallest absolute Gasteiger partial charge is 0.246 e. The Morgan fingerprint density at radius 2 is 2.07 bits per heavy atom. The van der Waals surface area contributed by atoms with Gasteiger partial charge in [-0.25, -0.2) is 0 Å². The third-order valence-electron chi connectivity index (χ3n) is 2.58. The first-order valence-electron chi connectivity index (χ1n) is 4.87. The van der Waals surface area contributed by atoms with E-state index in [1.165, 1.54) is 0 Å². The van der Waals surface area contributed by atoms with Crippen LogP contribution in [-0.2, 0) is 4.79 Å². The molecule has 1 amide bonds. The third kappa shape index (κ3) is 1.63. The monoisotopic (exact) mass is 206 g/mol. The van der Waals surface area contributed by atoms with Crippen LogP contribution in [0.3, 0.4) is 0 Å². The number of rotatable bonds is 1. The van der Waals surface area contributed by atoms with Crippen molar-refractivity contribution in [2.24, 2.45) is 5.41 Å². The lowest BCUT2D eigenvalue weighted by atomic mass is 9.94. The van der Waals surface area contributed by atoms with Crippen LogP contribution in [0.1, 0.15) is 13.8 Å². The molecule has 80 valence electrons. The number of carbonyl (C=O) groups is 1. The Morgan fingerprint density at radius 3 is 2.60 bits per heavy atom. The molecule has 1 aliphatic rings. The number of anilines is 1. The van der Waals surface area contributed by atoms with E-state index in [0.29, 0.717) is 12.2 Å². The Balaban J connectivity index is 2.29. The highest BCUT2D eigenvalue weighted by molar-refractivity contribution is 5.87. The first kappa shape index (κ1) is 9.83. The number of benzene rings is 1. The van der Waals surface area contributed by atoms with Gasteiger partial charge in [0.25, 0.3) is 0 Å². The molecule has 15 heavy (non-hydrogen) atoms. The molecule has 0 bridgehead atoms. The van der Waals surface area contributed by atoms with Crippen LogP contribution in [0.15, 0.2) is 24.3 Å². The molecule has 0 aliphatic carbocycles. The molecule has 0 atom stereocenters. The molecule has 1 saturated heterocycles. The normalized spacial score (nSPS) is 19.1. The summed E-state index contributed by atoms with van der Waals surface area (Å²) >= 11 is 0. The fourth-order valence-corrected chi connectivity index (χ4v) is 1.62. The van der Waals surface area contributed by atoms with Gasteiger partial charge in [-0.2, -0.15) is 0 Å². The number of amides is 1. The maximum Gasteiger partial charge on any atom is 0.246 e. The van der Waals surface area contributed by atoms with Crippen LogP contribution in [0.2, 0.25) is 0 Å². The van der Waals surface area contributed by atoms with Crippen molar-refractivity contribution < 1.29 is 9.90 Å². The number of nitrogens with one attached hydrogen (secondary N) is 1. The summed E-state index contributed by atoms with van der Waals surface area (Å²) in [7, 11) is 0. The molecule has 0 unspecified atom stereocenters. The molecule has 1 fully saturated rings. The van der Waals surface area contributed by atoms with Crippen LogP contribution in [-0.4, -0.2) is 17.6 Å². The van der Waals surface area contributed by atoms with Gasteiger partial charge in [0.15, 0.2) is 0 Å². The summed E-state index contributed by atoms with van der Waals surface area (Å²) in [6, 6.07) is 6.96. The maximum atomic E-state index is 11.6. The standard InChI is InChI=1S/C11H14N2O2/c1-11(2)7-13(12-10(11)15)8-5-3-4-6-9(8)14/h3-6,14H,7H2,1-2H3,(H,12,15). The molecule has 2 rings (SSSR count). The van der Waals surface area contributed by atoms with Gasteiger partial charge in [0.1, 0.15) is 5.75 Å². The third-order valence-corrected chi connectivity index (χ3v) is 2.58. The predicted molar refractivity (Wildman–Crippen MR) is 57.4 cm³/mol. The minimum atomic E-state index is -0.414. The lowest BCUT2D eigenvalue weighted by Gasteiger charge is -2.19. The van der Waals surface area contributed by atoms with Gasteiger partial charge in [0.2, 0.25) is 5.91 Å². The topological polar surface area (TPSA) is 52.6 Å². The summed E-state index contributed by atoms with van der Waals surface area (Å²) in [5.74, 6) is 0.154. The second-order valence-electron chi connectivity index (χ2n) is 4.40. The maximum absolute atomic E-state index is 11.6. The van der Waals surface area contributed by atoms with Crippen molar-refractivity contribution in [1.29, 1.82) is 0 Å². The van der Waals surface area contributed by atoms with Crippen LogP contribution in [0.5, 0.6) is 5.75 Å². The lowest BCUT2D eigenvalue weighted by molar-refractivity contribution is -0.125. The molecule has 2 N–H and O–H groups in total. The van der Waals surface area contributed by atoms with E-state index in [9.17, 15) is 9.90 Å². The van der Waals surface area contributed by atoms with E-state index in [1.807, 2.05) is 19.9 Å². The Hall–Kier alpha value is -1.71. The fourth-order valence-electron chi connectivity index (χ4n) is 1.62. The zero-order valence-corrected chi connectivity index (χ0v) is 8.82. The van der Waals surface area contributed by atoms with E-state index in [2.05, 4.69) is 5.43 Å². The van der Waals surface area contributed by atoms with Crippen molar-refractivity contribution in [1.82, 2.24) is 5.43 Å². The Kier molecular flexibility index (Phi) is 2.07. The minimum Gasteiger partial charge on any atom is -0.506 e. The van der Waals surface area contributed by atoms with Crippen molar-refractivity contribution in [2.45, 2.75) is 13.8 Å². The number of aromatic hydroxyl groups is 1. The van der Waals surface area contributed by atoms with Gasteiger partial charge in [0, 0.05) is 0 Å². The van der Waals surface area contributed by atoms with Crippen LogP contribution >= 0.6 is 0 Å². The van der Waals surface area contributed by atoms with E-state index in [1.54, 1.807) is 23.2 Å². The first-order valence-corrected chi connectivity index (χ1v) is 4.87. The van der Waals surface area contributed by atoms with E-state index in [0.717, 1.165) is 0 Å². The average molecular weight is 206 g/mol. The summed E-state index contributed by atoms with van der Waals surface area (Å²) in [6.45, 7) is 4.31. The Morgan fingerprint density at radius 1 is 1.40 bits per heavy atom. The van der Waals surface area contributed by atoms with Crippen LogP contribution in [0.25, 0.3) is 0 Å². The largest absolute Gasteiger partial charge is 0.506 e. The number of para-hydroxylation sites is 2. The second-order valence-corrected chi connectivity index (χ2v) is 4.40. The number of phenols is 1. The Labute approximate surface area is 88.5 Å². The zero-order chi connectivity index (χ0) is 11.1. The van der Waals surface area contributed by atoms with Gasteiger partial charge in [0.05, 0.1) is 17.6 Å². The minimum absolute atomic E-state index is 0.0225. The number of hydrogen-bond donors (Lipinski definition) is 2. The fraction of sp³-hybridized carbons (Fsp3) is 0.364. The van der Waals surface area contributed by atoms with Gasteiger partial charge in [-0.3, -0.25) is 15.2 Å². The van der Waals surface area contributed by atoms with Crippen LogP contribution in [0.4, 0.5) is 5.69 Å². The van der Waals surface area contributed by atoms with Crippen molar-refractivity contribution in [3.05, 3.63) is 24.3 Å². The summed E-state index contributed by atoms with van der Waals surface area (Å²) in [5.41, 5.74) is 2.96.